The molecular formula is C27H39N3O6. The molecule has 0 fully saturated rings. The number of ether oxygens (including phenoxy) is 2. The fourth-order valence-corrected chi connectivity index (χ4v) is 3.25. The highest BCUT2D eigenvalue weighted by molar-refractivity contribution is 5.69. The van der Waals surface area contributed by atoms with Crippen LogP contribution in [0.5, 0.6) is 5.75 Å². The fourth-order valence-electron chi connectivity index (χ4n) is 3.25. The summed E-state index contributed by atoms with van der Waals surface area (Å²) in [7, 11) is 0. The monoisotopic (exact) mass is 501 g/mol. The number of aliphatic hydroxyl groups is 1. The van der Waals surface area contributed by atoms with Crippen LogP contribution in [0.1, 0.15) is 52.7 Å². The molecule has 2 aromatic carbocycles. The lowest BCUT2D eigenvalue weighted by atomic mass is 10.0. The number of aromatic hydroxyl groups is 1. The number of phenolic OH excluding ortho intramolecular Hbond substituents is 1. The largest absolute Gasteiger partial charge is 0.508 e. The van der Waals surface area contributed by atoms with Gasteiger partial charge in [0, 0.05) is 6.54 Å². The van der Waals surface area contributed by atoms with E-state index < -0.39 is 35.5 Å². The van der Waals surface area contributed by atoms with Crippen molar-refractivity contribution >= 4 is 12.2 Å². The third kappa shape index (κ3) is 11.0. The number of phenols is 1. The van der Waals surface area contributed by atoms with Crippen LogP contribution in [0.15, 0.2) is 54.6 Å². The van der Waals surface area contributed by atoms with E-state index in [2.05, 4.69) is 10.7 Å². The van der Waals surface area contributed by atoms with E-state index in [9.17, 15) is 19.8 Å². The normalized spacial score (nSPS) is 13.4. The number of benzene rings is 2. The first kappa shape index (κ1) is 28.9. The Morgan fingerprint density at radius 3 is 2.03 bits per heavy atom. The Morgan fingerprint density at radius 1 is 0.889 bits per heavy atom. The van der Waals surface area contributed by atoms with E-state index in [1.807, 2.05) is 30.3 Å². The Bertz CT molecular complexity index is 968. The lowest BCUT2D eigenvalue weighted by Crippen LogP contribution is -2.55. The second-order valence-electron chi connectivity index (χ2n) is 10.6. The minimum absolute atomic E-state index is 0.134. The maximum absolute atomic E-state index is 12.9. The third-order valence-electron chi connectivity index (χ3n) is 4.86. The van der Waals surface area contributed by atoms with E-state index in [0.717, 1.165) is 11.1 Å². The topological polar surface area (TPSA) is 120 Å². The number of hydrogen-bond donors (Lipinski definition) is 4. The number of hydrogen-bond acceptors (Lipinski definition) is 7. The predicted molar refractivity (Wildman–Crippen MR) is 137 cm³/mol. The van der Waals surface area contributed by atoms with E-state index in [0.29, 0.717) is 6.42 Å². The molecule has 0 heterocycles. The second-order valence-corrected chi connectivity index (χ2v) is 10.6. The van der Waals surface area contributed by atoms with Crippen LogP contribution in [0.25, 0.3) is 0 Å². The molecule has 2 atom stereocenters. The molecule has 2 amide bonds. The average molecular weight is 502 g/mol. The number of aliphatic hydroxyl groups excluding tert-OH is 1. The van der Waals surface area contributed by atoms with Crippen LogP contribution < -0.4 is 10.7 Å². The van der Waals surface area contributed by atoms with Gasteiger partial charge in [0.25, 0.3) is 0 Å². The van der Waals surface area contributed by atoms with Gasteiger partial charge in [0.15, 0.2) is 0 Å². The SMILES string of the molecule is CC(C)(C)OC(=O)NC(Cc1ccccc1)C(O)CN(NCc1ccc(O)cc1)C(=O)OC(C)(C)C. The molecule has 0 saturated heterocycles. The van der Waals surface area contributed by atoms with Crippen LogP contribution in [0.4, 0.5) is 9.59 Å². The molecule has 0 bridgehead atoms. The van der Waals surface area contributed by atoms with Gasteiger partial charge in [-0.05, 0) is 71.2 Å². The lowest BCUT2D eigenvalue weighted by molar-refractivity contribution is -0.00568. The van der Waals surface area contributed by atoms with Gasteiger partial charge >= 0.3 is 12.2 Å². The van der Waals surface area contributed by atoms with Crippen LogP contribution in [-0.4, -0.2) is 57.3 Å². The zero-order valence-corrected chi connectivity index (χ0v) is 21.9. The smallest absolute Gasteiger partial charge is 0.424 e. The van der Waals surface area contributed by atoms with E-state index in [1.54, 1.807) is 65.8 Å². The highest BCUT2D eigenvalue weighted by Crippen LogP contribution is 2.14. The van der Waals surface area contributed by atoms with Crippen molar-refractivity contribution in [2.24, 2.45) is 0 Å². The minimum Gasteiger partial charge on any atom is -0.508 e. The van der Waals surface area contributed by atoms with Crippen molar-refractivity contribution in [1.82, 2.24) is 15.8 Å². The van der Waals surface area contributed by atoms with Crippen molar-refractivity contribution in [2.45, 2.75) is 77.9 Å². The summed E-state index contributed by atoms with van der Waals surface area (Å²) in [4.78, 5) is 25.5. The van der Waals surface area contributed by atoms with Crippen molar-refractivity contribution in [1.29, 1.82) is 0 Å². The molecule has 2 aromatic rings. The van der Waals surface area contributed by atoms with Crippen LogP contribution in [0.3, 0.4) is 0 Å². The summed E-state index contributed by atoms with van der Waals surface area (Å²) in [6, 6.07) is 15.2. The molecule has 198 valence electrons. The van der Waals surface area contributed by atoms with Crippen molar-refractivity contribution < 1.29 is 29.3 Å². The zero-order chi connectivity index (χ0) is 26.9. The van der Waals surface area contributed by atoms with Gasteiger partial charge < -0.3 is 25.0 Å². The van der Waals surface area contributed by atoms with Gasteiger partial charge in [0.05, 0.1) is 18.7 Å². The molecule has 9 nitrogen and oxygen atoms in total. The number of hydrazine groups is 1. The first-order valence-corrected chi connectivity index (χ1v) is 12.0. The van der Waals surface area contributed by atoms with Gasteiger partial charge in [-0.15, -0.1) is 0 Å². The molecule has 9 heteroatoms. The van der Waals surface area contributed by atoms with Crippen LogP contribution >= 0.6 is 0 Å². The molecule has 0 aliphatic rings. The molecule has 0 saturated carbocycles. The number of alkyl carbamates (subject to hydrolysis) is 1. The number of amides is 2. The molecule has 2 unspecified atom stereocenters. The molecule has 36 heavy (non-hydrogen) atoms. The van der Waals surface area contributed by atoms with E-state index in [4.69, 9.17) is 9.47 Å². The first-order chi connectivity index (χ1) is 16.7. The maximum Gasteiger partial charge on any atom is 0.424 e. The Morgan fingerprint density at radius 2 is 1.47 bits per heavy atom. The summed E-state index contributed by atoms with van der Waals surface area (Å²) in [5.41, 5.74) is 3.24. The Labute approximate surface area is 213 Å². The molecule has 0 aliphatic carbocycles. The number of nitrogens with zero attached hydrogens (tertiary/aromatic N) is 1. The number of carbonyl (C=O) groups excluding carboxylic acids is 2. The maximum atomic E-state index is 12.9. The zero-order valence-electron chi connectivity index (χ0n) is 21.9. The van der Waals surface area contributed by atoms with Gasteiger partial charge in [-0.2, -0.15) is 0 Å². The summed E-state index contributed by atoms with van der Waals surface area (Å²) in [5.74, 6) is 0.134. The summed E-state index contributed by atoms with van der Waals surface area (Å²) < 4.78 is 10.9. The van der Waals surface area contributed by atoms with E-state index in [-0.39, 0.29) is 18.8 Å². The van der Waals surface area contributed by atoms with Crippen molar-refractivity contribution in [3.63, 3.8) is 0 Å². The third-order valence-corrected chi connectivity index (χ3v) is 4.86. The Kier molecular flexibility index (Phi) is 10.1. The predicted octanol–water partition coefficient (Wildman–Crippen LogP) is 4.13. The molecule has 0 spiro atoms. The van der Waals surface area contributed by atoms with E-state index >= 15 is 0 Å². The van der Waals surface area contributed by atoms with Crippen molar-refractivity contribution in [3.8, 4) is 5.75 Å². The molecular weight excluding hydrogens is 462 g/mol. The number of nitrogens with one attached hydrogen (secondary N) is 2. The van der Waals surface area contributed by atoms with Crippen molar-refractivity contribution in [2.75, 3.05) is 6.54 Å². The van der Waals surface area contributed by atoms with Crippen LogP contribution in [0, 0.1) is 0 Å². The Hall–Kier alpha value is -3.30. The molecule has 0 aliphatic heterocycles. The molecule has 2 rings (SSSR count). The lowest BCUT2D eigenvalue weighted by Gasteiger charge is -2.32. The summed E-state index contributed by atoms with van der Waals surface area (Å²) in [6.45, 7) is 10.6. The summed E-state index contributed by atoms with van der Waals surface area (Å²) in [6.07, 6.45) is -2.17. The van der Waals surface area contributed by atoms with Gasteiger partial charge in [-0.3, -0.25) is 0 Å². The van der Waals surface area contributed by atoms with Crippen molar-refractivity contribution in [3.05, 3.63) is 65.7 Å². The quantitative estimate of drug-likeness (QED) is 0.381. The average Bonchev–Trinajstić information content (AvgIpc) is 2.75. The standard InChI is InChI=1S/C27H39N3O6/c1-26(2,3)35-24(33)29-22(16-19-10-8-7-9-11-19)23(32)18-30(25(34)36-27(4,5)6)28-17-20-12-14-21(31)15-13-20/h7-15,22-23,28,31-32H,16-18H2,1-6H3,(H,29,33). The summed E-state index contributed by atoms with van der Waals surface area (Å²) in [5, 5.41) is 24.6. The number of rotatable bonds is 9. The molecule has 0 radical (unpaired) electrons. The van der Waals surface area contributed by atoms with Crippen LogP contribution in [0.2, 0.25) is 0 Å². The summed E-state index contributed by atoms with van der Waals surface area (Å²) >= 11 is 0. The van der Waals surface area contributed by atoms with Gasteiger partial charge in [0.1, 0.15) is 17.0 Å². The second kappa shape index (κ2) is 12.6. The molecule has 4 N–H and O–H groups in total. The minimum atomic E-state index is -1.16. The highest BCUT2D eigenvalue weighted by Gasteiger charge is 2.30. The van der Waals surface area contributed by atoms with E-state index in [1.165, 1.54) is 5.01 Å². The molecule has 0 aromatic heterocycles. The number of carbonyl (C=O) groups is 2. The van der Waals surface area contributed by atoms with Gasteiger partial charge in [0.2, 0.25) is 0 Å². The van der Waals surface area contributed by atoms with Gasteiger partial charge in [-0.25, -0.2) is 20.0 Å². The highest BCUT2D eigenvalue weighted by atomic mass is 16.6. The Balaban J connectivity index is 2.20. The first-order valence-electron chi connectivity index (χ1n) is 12.0. The fraction of sp³-hybridized carbons (Fsp3) is 0.481. The van der Waals surface area contributed by atoms with Gasteiger partial charge in [-0.1, -0.05) is 42.5 Å². The van der Waals surface area contributed by atoms with Crippen LogP contribution in [-0.2, 0) is 22.4 Å².